The van der Waals surface area contributed by atoms with Gasteiger partial charge in [-0.05, 0) is 42.2 Å². The summed E-state index contributed by atoms with van der Waals surface area (Å²) in [7, 11) is 0. The minimum Gasteiger partial charge on any atom is -0.390 e. The van der Waals surface area contributed by atoms with Gasteiger partial charge in [-0.2, -0.15) is 0 Å². The first-order chi connectivity index (χ1) is 15.2. The first-order valence-corrected chi connectivity index (χ1v) is 10.7. The zero-order valence-corrected chi connectivity index (χ0v) is 17.3. The molecule has 2 aromatic carbocycles. The second-order valence-corrected chi connectivity index (χ2v) is 8.26. The summed E-state index contributed by atoms with van der Waals surface area (Å²) in [4.78, 5) is 13.2. The van der Waals surface area contributed by atoms with E-state index >= 15 is 0 Å². The first-order valence-electron chi connectivity index (χ1n) is 10.7. The lowest BCUT2D eigenvalue weighted by Crippen LogP contribution is -2.55. The molecule has 0 spiro atoms. The highest BCUT2D eigenvalue weighted by Crippen LogP contribution is 2.27. The average molecular weight is 420 g/mol. The third kappa shape index (κ3) is 4.38. The van der Waals surface area contributed by atoms with E-state index in [0.29, 0.717) is 18.1 Å². The van der Waals surface area contributed by atoms with Crippen LogP contribution < -0.4 is 10.2 Å². The van der Waals surface area contributed by atoms with Crippen molar-refractivity contribution < 1.29 is 9.50 Å². The quantitative estimate of drug-likeness (QED) is 0.676. The number of aliphatic hydroxyl groups excluding tert-OH is 1. The molecule has 7 heteroatoms. The van der Waals surface area contributed by atoms with E-state index in [2.05, 4.69) is 49.4 Å². The number of β-amino-alcohol motifs (C(OH)–C–C–N with tert-alkyl or cyclic N) is 1. The Labute approximate surface area is 181 Å². The zero-order valence-electron chi connectivity index (χ0n) is 17.3. The normalized spacial score (nSPS) is 21.5. The minimum absolute atomic E-state index is 0.149. The highest BCUT2D eigenvalue weighted by molar-refractivity contribution is 5.59. The standard InChI is InChI=1S/C24H26FN5O/c25-19-6-3-7-20(12-19)28-23-13-24(27-16-26-23)30-11-9-21(22(31)15-30)29-10-8-17-4-1-2-5-18(17)14-29/h1-7,12-13,16,21-22,31H,8-11,14-15H2,(H,26,27,28)/t21-,22-/m0/s1. The van der Waals surface area contributed by atoms with Gasteiger partial charge in [0.2, 0.25) is 0 Å². The summed E-state index contributed by atoms with van der Waals surface area (Å²) < 4.78 is 13.4. The van der Waals surface area contributed by atoms with Crippen molar-refractivity contribution >= 4 is 17.3 Å². The van der Waals surface area contributed by atoms with Gasteiger partial charge in [0.25, 0.3) is 0 Å². The van der Waals surface area contributed by atoms with Gasteiger partial charge in [-0.15, -0.1) is 0 Å². The fraction of sp³-hybridized carbons (Fsp3) is 0.333. The monoisotopic (exact) mass is 419 g/mol. The van der Waals surface area contributed by atoms with Crippen molar-refractivity contribution in [2.24, 2.45) is 0 Å². The molecule has 2 atom stereocenters. The van der Waals surface area contributed by atoms with Gasteiger partial charge in [0.05, 0.1) is 6.10 Å². The third-order valence-electron chi connectivity index (χ3n) is 6.25. The molecule has 3 heterocycles. The molecule has 0 aliphatic carbocycles. The van der Waals surface area contributed by atoms with Crippen LogP contribution in [0.1, 0.15) is 17.5 Å². The molecule has 2 N–H and O–H groups in total. The molecule has 2 aliphatic rings. The van der Waals surface area contributed by atoms with E-state index in [9.17, 15) is 9.50 Å². The number of aromatic nitrogens is 2. The summed E-state index contributed by atoms with van der Waals surface area (Å²) in [6.07, 6.45) is 2.95. The fourth-order valence-corrected chi connectivity index (χ4v) is 4.66. The van der Waals surface area contributed by atoms with Crippen molar-refractivity contribution in [2.45, 2.75) is 31.5 Å². The van der Waals surface area contributed by atoms with E-state index in [-0.39, 0.29) is 11.9 Å². The smallest absolute Gasteiger partial charge is 0.135 e. The molecule has 2 aliphatic heterocycles. The molecule has 1 fully saturated rings. The van der Waals surface area contributed by atoms with Gasteiger partial charge < -0.3 is 15.3 Å². The van der Waals surface area contributed by atoms with Crippen LogP contribution in [0.2, 0.25) is 0 Å². The van der Waals surface area contributed by atoms with Gasteiger partial charge in [0.1, 0.15) is 23.8 Å². The lowest BCUT2D eigenvalue weighted by molar-refractivity contribution is 0.0293. The van der Waals surface area contributed by atoms with E-state index in [1.807, 2.05) is 6.07 Å². The van der Waals surface area contributed by atoms with Crippen molar-refractivity contribution in [2.75, 3.05) is 29.9 Å². The Kier molecular flexibility index (Phi) is 5.53. The number of fused-ring (bicyclic) bond motifs is 1. The SMILES string of the molecule is O[C@H]1CN(c2cc(Nc3cccc(F)c3)ncn2)CC[C@@H]1N1CCc2ccccc2C1. The van der Waals surface area contributed by atoms with Gasteiger partial charge in [-0.3, -0.25) is 4.90 Å². The first kappa shape index (κ1) is 19.9. The van der Waals surface area contributed by atoms with Crippen LogP contribution in [0, 0.1) is 5.82 Å². The van der Waals surface area contributed by atoms with E-state index < -0.39 is 6.10 Å². The fourth-order valence-electron chi connectivity index (χ4n) is 4.66. The molecule has 0 unspecified atom stereocenters. The molecule has 0 saturated carbocycles. The van der Waals surface area contributed by atoms with E-state index in [1.165, 1.54) is 29.6 Å². The van der Waals surface area contributed by atoms with Crippen LogP contribution in [0.3, 0.4) is 0 Å². The Bertz CT molecular complexity index is 1060. The summed E-state index contributed by atoms with van der Waals surface area (Å²) in [5, 5.41) is 14.1. The number of halogens is 1. The molecule has 0 bridgehead atoms. The Morgan fingerprint density at radius 1 is 1.00 bits per heavy atom. The lowest BCUT2D eigenvalue weighted by Gasteiger charge is -2.43. The van der Waals surface area contributed by atoms with Crippen LogP contribution >= 0.6 is 0 Å². The van der Waals surface area contributed by atoms with Crippen LogP contribution in [-0.2, 0) is 13.0 Å². The van der Waals surface area contributed by atoms with Crippen LogP contribution in [-0.4, -0.2) is 51.8 Å². The van der Waals surface area contributed by atoms with Gasteiger partial charge in [-0.1, -0.05) is 30.3 Å². The molecule has 5 rings (SSSR count). The lowest BCUT2D eigenvalue weighted by atomic mass is 9.94. The number of nitrogens with one attached hydrogen (secondary N) is 1. The average Bonchev–Trinajstić information content (AvgIpc) is 2.79. The van der Waals surface area contributed by atoms with Crippen molar-refractivity contribution in [1.29, 1.82) is 0 Å². The van der Waals surface area contributed by atoms with Gasteiger partial charge >= 0.3 is 0 Å². The van der Waals surface area contributed by atoms with Gasteiger partial charge in [0.15, 0.2) is 0 Å². The topological polar surface area (TPSA) is 64.5 Å². The number of aliphatic hydroxyl groups is 1. The molecule has 3 aromatic rings. The number of anilines is 3. The number of piperidine rings is 1. The summed E-state index contributed by atoms with van der Waals surface area (Å²) in [5.41, 5.74) is 3.42. The molecule has 160 valence electrons. The second kappa shape index (κ2) is 8.61. The molecule has 31 heavy (non-hydrogen) atoms. The molecule has 1 saturated heterocycles. The van der Waals surface area contributed by atoms with Crippen LogP contribution in [0.4, 0.5) is 21.7 Å². The molecule has 0 amide bonds. The number of rotatable bonds is 4. The van der Waals surface area contributed by atoms with Crippen molar-refractivity contribution in [1.82, 2.24) is 14.9 Å². The largest absolute Gasteiger partial charge is 0.390 e. The molecular formula is C24H26FN5O. The van der Waals surface area contributed by atoms with E-state index in [1.54, 1.807) is 12.1 Å². The van der Waals surface area contributed by atoms with E-state index in [0.717, 1.165) is 38.3 Å². The maximum atomic E-state index is 13.4. The van der Waals surface area contributed by atoms with Crippen molar-refractivity contribution in [3.63, 3.8) is 0 Å². The number of benzene rings is 2. The number of nitrogens with zero attached hydrogens (tertiary/aromatic N) is 4. The predicted octanol–water partition coefficient (Wildman–Crippen LogP) is 3.36. The summed E-state index contributed by atoms with van der Waals surface area (Å²) in [6, 6.07) is 16.8. The van der Waals surface area contributed by atoms with E-state index in [4.69, 9.17) is 0 Å². The number of hydrogen-bond donors (Lipinski definition) is 2. The Hall–Kier alpha value is -3.03. The van der Waals surface area contributed by atoms with Crippen molar-refractivity contribution in [3.8, 4) is 0 Å². The maximum absolute atomic E-state index is 13.4. The highest BCUT2D eigenvalue weighted by atomic mass is 19.1. The van der Waals surface area contributed by atoms with Crippen molar-refractivity contribution in [3.05, 3.63) is 77.9 Å². The highest BCUT2D eigenvalue weighted by Gasteiger charge is 2.34. The predicted molar refractivity (Wildman–Crippen MR) is 119 cm³/mol. The molecule has 1 aromatic heterocycles. The second-order valence-electron chi connectivity index (χ2n) is 8.26. The van der Waals surface area contributed by atoms with Crippen LogP contribution in [0.15, 0.2) is 60.9 Å². The molecular weight excluding hydrogens is 393 g/mol. The Morgan fingerprint density at radius 3 is 2.71 bits per heavy atom. The maximum Gasteiger partial charge on any atom is 0.135 e. The van der Waals surface area contributed by atoms with Gasteiger partial charge in [-0.25, -0.2) is 14.4 Å². The molecule has 0 radical (unpaired) electrons. The summed E-state index contributed by atoms with van der Waals surface area (Å²) in [5.74, 6) is 1.06. The third-order valence-corrected chi connectivity index (χ3v) is 6.25. The Balaban J connectivity index is 1.25. The van der Waals surface area contributed by atoms with Gasteiger partial charge in [0, 0.05) is 44.0 Å². The van der Waals surface area contributed by atoms with Crippen LogP contribution in [0.25, 0.3) is 0 Å². The summed E-state index contributed by atoms with van der Waals surface area (Å²) >= 11 is 0. The van der Waals surface area contributed by atoms with Crippen LogP contribution in [0.5, 0.6) is 0 Å². The summed E-state index contributed by atoms with van der Waals surface area (Å²) in [6.45, 7) is 3.22. The minimum atomic E-state index is -0.450. The molecule has 6 nitrogen and oxygen atoms in total. The number of hydrogen-bond acceptors (Lipinski definition) is 6. The zero-order chi connectivity index (χ0) is 21.2. The Morgan fingerprint density at radius 2 is 1.87 bits per heavy atom.